The average molecular weight is 364 g/mol. The molecule has 0 spiro atoms. The molecule has 2 rings (SSSR count). The summed E-state index contributed by atoms with van der Waals surface area (Å²) in [5.74, 6) is 1.46. The minimum Gasteiger partial charge on any atom is -0.496 e. The topological polar surface area (TPSA) is 56.8 Å². The molecular formula is C19H22ClNO4. The first-order valence-corrected chi connectivity index (χ1v) is 8.38. The highest BCUT2D eigenvalue weighted by Gasteiger charge is 2.15. The number of hydrogen-bond acceptors (Lipinski definition) is 4. The van der Waals surface area contributed by atoms with Crippen LogP contribution in [0, 0.1) is 0 Å². The fourth-order valence-electron chi connectivity index (χ4n) is 2.46. The predicted octanol–water partition coefficient (Wildman–Crippen LogP) is 3.73. The number of nitrogens with one attached hydrogen (secondary N) is 1. The van der Waals surface area contributed by atoms with Gasteiger partial charge in [0.1, 0.15) is 5.75 Å². The Morgan fingerprint density at radius 1 is 1.12 bits per heavy atom. The molecule has 0 aliphatic heterocycles. The molecule has 25 heavy (non-hydrogen) atoms. The maximum atomic E-state index is 12.4. The Hall–Kier alpha value is -2.40. The maximum Gasteiger partial charge on any atom is 0.251 e. The van der Waals surface area contributed by atoms with Crippen molar-refractivity contribution in [3.8, 4) is 17.2 Å². The van der Waals surface area contributed by atoms with Crippen molar-refractivity contribution in [2.45, 2.75) is 13.3 Å². The molecule has 0 fully saturated rings. The summed E-state index contributed by atoms with van der Waals surface area (Å²) in [7, 11) is 3.14. The van der Waals surface area contributed by atoms with E-state index in [0.29, 0.717) is 41.7 Å². The lowest BCUT2D eigenvalue weighted by Gasteiger charge is -2.13. The van der Waals surface area contributed by atoms with E-state index in [2.05, 4.69) is 5.32 Å². The Balaban J connectivity index is 2.04. The molecule has 0 heterocycles. The molecule has 1 amide bonds. The number of ether oxygens (including phenoxy) is 3. The van der Waals surface area contributed by atoms with Crippen LogP contribution in [0.1, 0.15) is 22.8 Å². The second-order valence-corrected chi connectivity index (χ2v) is 5.65. The van der Waals surface area contributed by atoms with Gasteiger partial charge in [-0.15, -0.1) is 0 Å². The zero-order chi connectivity index (χ0) is 18.2. The predicted molar refractivity (Wildman–Crippen MR) is 98.2 cm³/mol. The first kappa shape index (κ1) is 18.9. The standard InChI is InChI=1S/C19H22ClNO4/c1-4-25-18-15(20)11-14(12-17(18)24-3)19(22)21-10-9-13-7-5-6-8-16(13)23-2/h5-8,11-12H,4,9-10H2,1-3H3,(H,21,22). The van der Waals surface area contributed by atoms with Gasteiger partial charge in [-0.3, -0.25) is 4.79 Å². The first-order chi connectivity index (χ1) is 12.1. The Bertz CT molecular complexity index is 733. The molecule has 0 aliphatic carbocycles. The van der Waals surface area contributed by atoms with E-state index in [1.54, 1.807) is 19.2 Å². The number of amides is 1. The smallest absolute Gasteiger partial charge is 0.251 e. The van der Waals surface area contributed by atoms with E-state index in [-0.39, 0.29) is 5.91 Å². The molecule has 0 unspecified atom stereocenters. The average Bonchev–Trinajstić information content (AvgIpc) is 2.63. The zero-order valence-electron chi connectivity index (χ0n) is 14.6. The Kier molecular flexibility index (Phi) is 6.95. The third kappa shape index (κ3) is 4.79. The van der Waals surface area contributed by atoms with E-state index in [1.807, 2.05) is 31.2 Å². The van der Waals surface area contributed by atoms with Crippen LogP contribution in [-0.4, -0.2) is 33.3 Å². The Labute approximate surface area is 152 Å². The number of carbonyl (C=O) groups excluding carboxylic acids is 1. The van der Waals surface area contributed by atoms with E-state index >= 15 is 0 Å². The number of carbonyl (C=O) groups is 1. The molecule has 2 aromatic carbocycles. The van der Waals surface area contributed by atoms with Crippen molar-refractivity contribution in [2.24, 2.45) is 0 Å². The van der Waals surface area contributed by atoms with Crippen molar-refractivity contribution in [3.63, 3.8) is 0 Å². The van der Waals surface area contributed by atoms with E-state index in [0.717, 1.165) is 11.3 Å². The summed E-state index contributed by atoms with van der Waals surface area (Å²) in [4.78, 5) is 12.4. The number of benzene rings is 2. The van der Waals surface area contributed by atoms with Crippen molar-refractivity contribution in [2.75, 3.05) is 27.4 Å². The summed E-state index contributed by atoms with van der Waals surface area (Å²) in [6.07, 6.45) is 0.664. The van der Waals surface area contributed by atoms with Crippen molar-refractivity contribution in [1.82, 2.24) is 5.32 Å². The van der Waals surface area contributed by atoms with Gasteiger partial charge in [-0.05, 0) is 37.1 Å². The molecule has 5 nitrogen and oxygen atoms in total. The number of halogens is 1. The molecule has 0 atom stereocenters. The van der Waals surface area contributed by atoms with Crippen molar-refractivity contribution in [1.29, 1.82) is 0 Å². The van der Waals surface area contributed by atoms with Crippen LogP contribution in [0.25, 0.3) is 0 Å². The van der Waals surface area contributed by atoms with Gasteiger partial charge in [-0.1, -0.05) is 29.8 Å². The summed E-state index contributed by atoms with van der Waals surface area (Å²) in [5.41, 5.74) is 1.46. The van der Waals surface area contributed by atoms with Crippen LogP contribution in [0.3, 0.4) is 0 Å². The number of para-hydroxylation sites is 1. The van der Waals surface area contributed by atoms with Crippen LogP contribution in [0.4, 0.5) is 0 Å². The molecule has 2 aromatic rings. The fourth-order valence-corrected chi connectivity index (χ4v) is 2.72. The van der Waals surface area contributed by atoms with Crippen LogP contribution >= 0.6 is 11.6 Å². The van der Waals surface area contributed by atoms with Gasteiger partial charge in [0.2, 0.25) is 0 Å². The number of methoxy groups -OCH3 is 2. The summed E-state index contributed by atoms with van der Waals surface area (Å²) < 4.78 is 16.0. The van der Waals surface area contributed by atoms with Gasteiger partial charge in [0.15, 0.2) is 11.5 Å². The van der Waals surface area contributed by atoms with E-state index < -0.39 is 0 Å². The number of hydrogen-bond donors (Lipinski definition) is 1. The summed E-state index contributed by atoms with van der Waals surface area (Å²) in [5, 5.41) is 3.22. The van der Waals surface area contributed by atoms with Crippen LogP contribution in [-0.2, 0) is 6.42 Å². The molecule has 0 bridgehead atoms. The van der Waals surface area contributed by atoms with Gasteiger partial charge >= 0.3 is 0 Å². The molecule has 0 aromatic heterocycles. The van der Waals surface area contributed by atoms with Crippen LogP contribution in [0.2, 0.25) is 5.02 Å². The third-order valence-electron chi connectivity index (χ3n) is 3.65. The van der Waals surface area contributed by atoms with Crippen LogP contribution < -0.4 is 19.5 Å². The van der Waals surface area contributed by atoms with Gasteiger partial charge in [-0.25, -0.2) is 0 Å². The van der Waals surface area contributed by atoms with Crippen molar-refractivity contribution < 1.29 is 19.0 Å². The van der Waals surface area contributed by atoms with Gasteiger partial charge in [-0.2, -0.15) is 0 Å². The second kappa shape index (κ2) is 9.18. The van der Waals surface area contributed by atoms with Crippen molar-refractivity contribution in [3.05, 3.63) is 52.5 Å². The lowest BCUT2D eigenvalue weighted by molar-refractivity contribution is 0.0953. The monoisotopic (exact) mass is 363 g/mol. The lowest BCUT2D eigenvalue weighted by atomic mass is 10.1. The molecule has 6 heteroatoms. The molecule has 1 N–H and O–H groups in total. The van der Waals surface area contributed by atoms with Gasteiger partial charge in [0.05, 0.1) is 25.8 Å². The second-order valence-electron chi connectivity index (χ2n) is 5.24. The largest absolute Gasteiger partial charge is 0.496 e. The quantitative estimate of drug-likeness (QED) is 0.776. The molecule has 0 saturated heterocycles. The minimum atomic E-state index is -0.224. The summed E-state index contributed by atoms with van der Waals surface area (Å²) >= 11 is 6.20. The summed E-state index contributed by atoms with van der Waals surface area (Å²) in [6, 6.07) is 10.9. The van der Waals surface area contributed by atoms with E-state index in [1.165, 1.54) is 7.11 Å². The molecule has 0 saturated carbocycles. The van der Waals surface area contributed by atoms with Crippen molar-refractivity contribution >= 4 is 17.5 Å². The third-order valence-corrected chi connectivity index (χ3v) is 3.93. The SMILES string of the molecule is CCOc1c(Cl)cc(C(=O)NCCc2ccccc2OC)cc1OC. The highest BCUT2D eigenvalue weighted by atomic mass is 35.5. The number of rotatable bonds is 8. The van der Waals surface area contributed by atoms with Gasteiger partial charge < -0.3 is 19.5 Å². The minimum absolute atomic E-state index is 0.224. The molecule has 134 valence electrons. The molecular weight excluding hydrogens is 342 g/mol. The zero-order valence-corrected chi connectivity index (χ0v) is 15.4. The van der Waals surface area contributed by atoms with Crippen LogP contribution in [0.5, 0.6) is 17.2 Å². The highest BCUT2D eigenvalue weighted by Crippen LogP contribution is 2.36. The van der Waals surface area contributed by atoms with E-state index in [4.69, 9.17) is 25.8 Å². The van der Waals surface area contributed by atoms with E-state index in [9.17, 15) is 4.79 Å². The van der Waals surface area contributed by atoms with Gasteiger partial charge in [0.25, 0.3) is 5.91 Å². The summed E-state index contributed by atoms with van der Waals surface area (Å²) in [6.45, 7) is 2.79. The normalized spacial score (nSPS) is 10.2. The Morgan fingerprint density at radius 2 is 1.84 bits per heavy atom. The fraction of sp³-hybridized carbons (Fsp3) is 0.316. The van der Waals surface area contributed by atoms with Crippen LogP contribution in [0.15, 0.2) is 36.4 Å². The maximum absolute atomic E-state index is 12.4. The van der Waals surface area contributed by atoms with Gasteiger partial charge in [0, 0.05) is 12.1 Å². The Morgan fingerprint density at radius 3 is 2.52 bits per heavy atom. The molecule has 0 radical (unpaired) electrons. The lowest BCUT2D eigenvalue weighted by Crippen LogP contribution is -2.25. The highest BCUT2D eigenvalue weighted by molar-refractivity contribution is 6.32. The molecule has 0 aliphatic rings. The first-order valence-electron chi connectivity index (χ1n) is 8.01.